The molecule has 0 aliphatic heterocycles. The Morgan fingerprint density at radius 2 is 1.47 bits per heavy atom. The zero-order valence-electron chi connectivity index (χ0n) is 20.7. The van der Waals surface area contributed by atoms with Crippen LogP contribution in [0.5, 0.6) is 0 Å². The molecule has 0 radical (unpaired) electrons. The molecule has 0 saturated heterocycles. The second kappa shape index (κ2) is 12.2. The third-order valence-corrected chi connectivity index (χ3v) is 6.49. The van der Waals surface area contributed by atoms with E-state index in [4.69, 9.17) is 11.5 Å². The van der Waals surface area contributed by atoms with Crippen molar-refractivity contribution in [2.45, 2.75) is 31.0 Å². The van der Waals surface area contributed by atoms with E-state index in [2.05, 4.69) is 10.3 Å². The van der Waals surface area contributed by atoms with E-state index in [1.807, 2.05) is 48.5 Å². The highest BCUT2D eigenvalue weighted by Crippen LogP contribution is 2.27. The summed E-state index contributed by atoms with van der Waals surface area (Å²) in [4.78, 5) is 43.4. The Balaban J connectivity index is 1.64. The number of pyridine rings is 1. The molecule has 3 unspecified atom stereocenters. The van der Waals surface area contributed by atoms with Crippen LogP contribution in [0.4, 0.5) is 0 Å². The molecule has 0 spiro atoms. The Hall–Kier alpha value is -4.40. The Morgan fingerprint density at radius 1 is 0.842 bits per heavy atom. The number of carbonyl (C=O) groups excluding carboxylic acids is 3. The number of hydrogen-bond donors (Lipinski definition) is 4. The average molecular weight is 511 g/mol. The molecule has 4 rings (SSSR count). The molecule has 6 N–H and O–H groups in total. The maximum atomic E-state index is 13.9. The summed E-state index contributed by atoms with van der Waals surface area (Å²) in [5, 5.41) is 14.7. The molecule has 8 heteroatoms. The number of aliphatic hydroxyl groups excluding tert-OH is 1. The Kier molecular flexibility index (Phi) is 8.58. The van der Waals surface area contributed by atoms with E-state index in [1.165, 1.54) is 0 Å². The van der Waals surface area contributed by atoms with E-state index in [9.17, 15) is 19.5 Å². The second-order valence-electron chi connectivity index (χ2n) is 9.21. The first kappa shape index (κ1) is 26.7. The van der Waals surface area contributed by atoms with Crippen LogP contribution in [0.15, 0.2) is 97.1 Å². The van der Waals surface area contributed by atoms with Crippen molar-refractivity contribution in [2.24, 2.45) is 17.4 Å². The number of nitrogens with one attached hydrogen (secondary N) is 1. The van der Waals surface area contributed by atoms with E-state index < -0.39 is 48.1 Å². The minimum Gasteiger partial charge on any atom is -0.392 e. The van der Waals surface area contributed by atoms with E-state index >= 15 is 0 Å². The number of fused-ring (bicyclic) bond motifs is 1. The fourth-order valence-electron chi connectivity index (χ4n) is 4.55. The van der Waals surface area contributed by atoms with Crippen LogP contribution in [0.2, 0.25) is 0 Å². The predicted molar refractivity (Wildman–Crippen MR) is 145 cm³/mol. The molecule has 4 atom stereocenters. The molecular weight excluding hydrogens is 480 g/mol. The van der Waals surface area contributed by atoms with Crippen molar-refractivity contribution in [2.75, 3.05) is 0 Å². The van der Waals surface area contributed by atoms with Crippen LogP contribution >= 0.6 is 0 Å². The molecular formula is C30H30N4O4. The van der Waals surface area contributed by atoms with Crippen LogP contribution < -0.4 is 16.8 Å². The molecule has 38 heavy (non-hydrogen) atoms. The molecule has 1 heterocycles. The van der Waals surface area contributed by atoms with Crippen LogP contribution in [-0.4, -0.2) is 39.8 Å². The van der Waals surface area contributed by atoms with E-state index in [0.717, 1.165) is 10.9 Å². The van der Waals surface area contributed by atoms with Gasteiger partial charge in [-0.2, -0.15) is 0 Å². The first-order valence-electron chi connectivity index (χ1n) is 12.3. The zero-order valence-corrected chi connectivity index (χ0v) is 20.7. The summed E-state index contributed by atoms with van der Waals surface area (Å²) in [6, 6.07) is 26.5. The number of aliphatic hydroxyl groups is 1. The van der Waals surface area contributed by atoms with Gasteiger partial charge in [-0.05, 0) is 29.7 Å². The SMILES string of the molecule is NC(=O)C[C@H](NC(=O)c1ccc2ccccc2n1)C(=O)C(C(O)Cc1ccccc1)C(N)c1ccccc1. The lowest BCUT2D eigenvalue weighted by Gasteiger charge is -2.31. The highest BCUT2D eigenvalue weighted by molar-refractivity contribution is 6.00. The molecule has 2 amide bonds. The fraction of sp³-hybridized carbons (Fsp3) is 0.200. The molecule has 194 valence electrons. The summed E-state index contributed by atoms with van der Waals surface area (Å²) >= 11 is 0. The largest absolute Gasteiger partial charge is 0.392 e. The summed E-state index contributed by atoms with van der Waals surface area (Å²) in [6.07, 6.45) is -1.48. The highest BCUT2D eigenvalue weighted by Gasteiger charge is 2.38. The van der Waals surface area contributed by atoms with E-state index in [0.29, 0.717) is 11.1 Å². The third kappa shape index (κ3) is 6.47. The van der Waals surface area contributed by atoms with Gasteiger partial charge in [0.2, 0.25) is 5.91 Å². The second-order valence-corrected chi connectivity index (χ2v) is 9.21. The first-order chi connectivity index (χ1) is 18.3. The normalized spacial score (nSPS) is 14.3. The van der Waals surface area contributed by atoms with Crippen LogP contribution in [0.3, 0.4) is 0 Å². The van der Waals surface area contributed by atoms with Crippen molar-refractivity contribution in [1.29, 1.82) is 0 Å². The number of carbonyl (C=O) groups is 3. The van der Waals surface area contributed by atoms with Crippen molar-refractivity contribution in [3.8, 4) is 0 Å². The number of benzene rings is 3. The van der Waals surface area contributed by atoms with Crippen molar-refractivity contribution < 1.29 is 19.5 Å². The lowest BCUT2D eigenvalue weighted by atomic mass is 9.80. The van der Waals surface area contributed by atoms with Gasteiger partial charge in [-0.15, -0.1) is 0 Å². The Labute approximate surface area is 220 Å². The van der Waals surface area contributed by atoms with Crippen molar-refractivity contribution >= 4 is 28.5 Å². The lowest BCUT2D eigenvalue weighted by Crippen LogP contribution is -2.51. The van der Waals surface area contributed by atoms with Crippen LogP contribution in [-0.2, 0) is 16.0 Å². The summed E-state index contributed by atoms with van der Waals surface area (Å²) in [6.45, 7) is 0. The number of Topliss-reactive ketones (excluding diaryl/α,β-unsaturated/α-hetero) is 1. The molecule has 0 fully saturated rings. The first-order valence-corrected chi connectivity index (χ1v) is 12.3. The third-order valence-electron chi connectivity index (χ3n) is 6.49. The monoisotopic (exact) mass is 510 g/mol. The fourth-order valence-corrected chi connectivity index (χ4v) is 4.55. The van der Waals surface area contributed by atoms with Crippen LogP contribution in [0.25, 0.3) is 10.9 Å². The molecule has 1 aromatic heterocycles. The summed E-state index contributed by atoms with van der Waals surface area (Å²) < 4.78 is 0. The number of amides is 2. The number of hydrogen-bond acceptors (Lipinski definition) is 6. The number of aromatic nitrogens is 1. The number of ketones is 1. The van der Waals surface area contributed by atoms with Crippen molar-refractivity contribution in [3.05, 3.63) is 114 Å². The van der Waals surface area contributed by atoms with Gasteiger partial charge in [0.15, 0.2) is 5.78 Å². The lowest BCUT2D eigenvalue weighted by molar-refractivity contribution is -0.132. The number of rotatable bonds is 11. The van der Waals surface area contributed by atoms with Gasteiger partial charge in [-0.1, -0.05) is 84.9 Å². The molecule has 0 aliphatic carbocycles. The molecule has 0 saturated carbocycles. The number of nitrogens with zero attached hydrogens (tertiary/aromatic N) is 1. The standard InChI is InChI=1S/C30H30N4O4/c31-26(36)18-24(34-30(38)23-16-15-20-11-7-8-14-22(20)33-23)29(37)27(28(32)21-12-5-2-6-13-21)25(35)17-19-9-3-1-4-10-19/h1-16,24-25,27-28,35H,17-18,32H2,(H2,31,36)(H,34,38)/t24-,25?,27?,28?/m0/s1. The minimum atomic E-state index is -1.31. The summed E-state index contributed by atoms with van der Waals surface area (Å²) in [5.74, 6) is -3.14. The quantitative estimate of drug-likeness (QED) is 0.244. The van der Waals surface area contributed by atoms with Gasteiger partial charge < -0.3 is 21.9 Å². The Bertz CT molecular complexity index is 1410. The maximum Gasteiger partial charge on any atom is 0.270 e. The molecule has 0 aliphatic rings. The molecule has 3 aromatic carbocycles. The van der Waals surface area contributed by atoms with E-state index in [-0.39, 0.29) is 12.1 Å². The van der Waals surface area contributed by atoms with Gasteiger partial charge in [0.1, 0.15) is 5.69 Å². The zero-order chi connectivity index (χ0) is 27.1. The topological polar surface area (TPSA) is 148 Å². The Morgan fingerprint density at radius 3 is 2.16 bits per heavy atom. The van der Waals surface area contributed by atoms with Crippen LogP contribution in [0.1, 0.15) is 34.1 Å². The van der Waals surface area contributed by atoms with Gasteiger partial charge >= 0.3 is 0 Å². The molecule has 4 aromatic rings. The van der Waals surface area contributed by atoms with Gasteiger partial charge in [0.25, 0.3) is 5.91 Å². The van der Waals surface area contributed by atoms with Gasteiger partial charge in [0, 0.05) is 11.4 Å². The predicted octanol–water partition coefficient (Wildman–Crippen LogP) is 2.70. The van der Waals surface area contributed by atoms with Gasteiger partial charge in [0.05, 0.1) is 30.0 Å². The number of para-hydroxylation sites is 1. The minimum absolute atomic E-state index is 0.0831. The van der Waals surface area contributed by atoms with Crippen molar-refractivity contribution in [1.82, 2.24) is 10.3 Å². The van der Waals surface area contributed by atoms with Gasteiger partial charge in [-0.25, -0.2) is 4.98 Å². The maximum absolute atomic E-state index is 13.9. The van der Waals surface area contributed by atoms with E-state index in [1.54, 1.807) is 48.5 Å². The molecule has 0 bridgehead atoms. The van der Waals surface area contributed by atoms with Gasteiger partial charge in [-0.3, -0.25) is 14.4 Å². The van der Waals surface area contributed by atoms with Crippen LogP contribution in [0, 0.1) is 5.92 Å². The number of nitrogens with two attached hydrogens (primary N) is 2. The smallest absolute Gasteiger partial charge is 0.270 e. The molecule has 8 nitrogen and oxygen atoms in total. The summed E-state index contributed by atoms with van der Waals surface area (Å²) in [5.41, 5.74) is 14.1. The summed E-state index contributed by atoms with van der Waals surface area (Å²) in [7, 11) is 0. The number of primary amides is 1. The average Bonchev–Trinajstić information content (AvgIpc) is 2.93. The van der Waals surface area contributed by atoms with Crippen molar-refractivity contribution in [3.63, 3.8) is 0 Å². The highest BCUT2D eigenvalue weighted by atomic mass is 16.3.